The molecule has 1 unspecified atom stereocenters. The molecule has 4 heterocycles. The summed E-state index contributed by atoms with van der Waals surface area (Å²) in [5.41, 5.74) is 3.23. The minimum absolute atomic E-state index is 0.0417. The molecule has 1 aliphatic heterocycles. The summed E-state index contributed by atoms with van der Waals surface area (Å²) in [5.74, 6) is 7.03. The standard InChI is InChI=1S/C23H19N5O2/c1-2-21(29)28-9-7-18(13-28)27-23-19-12-17(26-22(19)24-14-25-23)5-3-15-4-6-20-16(11-15)8-10-30-20/h2,4,6,8,10-12,14,18H,1,7,9,13H2,(H2,24,25,26,27). The van der Waals surface area contributed by atoms with E-state index in [4.69, 9.17) is 4.42 Å². The van der Waals surface area contributed by atoms with E-state index in [1.807, 2.05) is 30.3 Å². The van der Waals surface area contributed by atoms with Crippen molar-refractivity contribution in [2.45, 2.75) is 12.5 Å². The predicted octanol–water partition coefficient (Wildman–Crippen LogP) is 3.30. The molecule has 7 nitrogen and oxygen atoms in total. The van der Waals surface area contributed by atoms with Crippen LogP contribution in [0.2, 0.25) is 0 Å². The van der Waals surface area contributed by atoms with Crippen LogP contribution < -0.4 is 5.32 Å². The lowest BCUT2D eigenvalue weighted by Gasteiger charge is -2.15. The first-order valence-corrected chi connectivity index (χ1v) is 9.70. The van der Waals surface area contributed by atoms with Crippen molar-refractivity contribution in [2.75, 3.05) is 18.4 Å². The number of fused-ring (bicyclic) bond motifs is 2. The fourth-order valence-electron chi connectivity index (χ4n) is 3.71. The van der Waals surface area contributed by atoms with E-state index < -0.39 is 0 Å². The van der Waals surface area contributed by atoms with Crippen LogP contribution in [0.15, 0.2) is 60.0 Å². The summed E-state index contributed by atoms with van der Waals surface area (Å²) < 4.78 is 5.37. The molecule has 0 radical (unpaired) electrons. The third-order valence-electron chi connectivity index (χ3n) is 5.23. The number of likely N-dealkylation sites (tertiary alicyclic amines) is 1. The van der Waals surface area contributed by atoms with Gasteiger partial charge in [0.2, 0.25) is 5.91 Å². The number of carbonyl (C=O) groups excluding carboxylic acids is 1. The summed E-state index contributed by atoms with van der Waals surface area (Å²) in [6, 6.07) is 9.85. The van der Waals surface area contributed by atoms with E-state index in [9.17, 15) is 4.79 Å². The van der Waals surface area contributed by atoms with Gasteiger partial charge < -0.3 is 19.6 Å². The smallest absolute Gasteiger partial charge is 0.246 e. The number of aromatic amines is 1. The van der Waals surface area contributed by atoms with Crippen molar-refractivity contribution in [3.8, 4) is 11.8 Å². The van der Waals surface area contributed by atoms with Crippen LogP contribution in [-0.4, -0.2) is 44.9 Å². The second kappa shape index (κ2) is 7.41. The summed E-state index contributed by atoms with van der Waals surface area (Å²) in [5, 5.41) is 5.34. The van der Waals surface area contributed by atoms with E-state index >= 15 is 0 Å². The van der Waals surface area contributed by atoms with Gasteiger partial charge in [0.1, 0.15) is 23.4 Å². The zero-order chi connectivity index (χ0) is 20.5. The number of hydrogen-bond donors (Lipinski definition) is 2. The normalized spacial score (nSPS) is 15.9. The Balaban J connectivity index is 1.38. The van der Waals surface area contributed by atoms with Gasteiger partial charge in [0.15, 0.2) is 0 Å². The van der Waals surface area contributed by atoms with Gasteiger partial charge in [0.25, 0.3) is 0 Å². The van der Waals surface area contributed by atoms with Gasteiger partial charge in [0, 0.05) is 30.1 Å². The molecule has 2 N–H and O–H groups in total. The van der Waals surface area contributed by atoms with E-state index in [-0.39, 0.29) is 11.9 Å². The fourth-order valence-corrected chi connectivity index (χ4v) is 3.71. The van der Waals surface area contributed by atoms with Crippen LogP contribution in [0.3, 0.4) is 0 Å². The SMILES string of the molecule is C=CC(=O)N1CCC(Nc2ncnc3[nH]c(C#Cc4ccc5occc5c4)cc23)C1. The number of nitrogens with one attached hydrogen (secondary N) is 2. The predicted molar refractivity (Wildman–Crippen MR) is 115 cm³/mol. The molecule has 4 aromatic rings. The Hall–Kier alpha value is -4.05. The molecule has 148 valence electrons. The molecule has 1 atom stereocenters. The largest absolute Gasteiger partial charge is 0.464 e. The van der Waals surface area contributed by atoms with Gasteiger partial charge in [-0.2, -0.15) is 0 Å². The maximum Gasteiger partial charge on any atom is 0.246 e. The van der Waals surface area contributed by atoms with Gasteiger partial charge in [-0.05, 0) is 48.7 Å². The van der Waals surface area contributed by atoms with E-state index in [1.165, 1.54) is 12.4 Å². The summed E-state index contributed by atoms with van der Waals surface area (Å²) in [6.07, 6.45) is 5.40. The lowest BCUT2D eigenvalue weighted by molar-refractivity contribution is -0.125. The molecular formula is C23H19N5O2. The number of aromatic nitrogens is 3. The molecule has 1 saturated heterocycles. The Morgan fingerprint density at radius 3 is 3.13 bits per heavy atom. The number of nitrogens with zero attached hydrogens (tertiary/aromatic N) is 3. The monoisotopic (exact) mass is 397 g/mol. The van der Waals surface area contributed by atoms with Gasteiger partial charge in [-0.25, -0.2) is 9.97 Å². The van der Waals surface area contributed by atoms with Crippen LogP contribution >= 0.6 is 0 Å². The second-order valence-corrected chi connectivity index (χ2v) is 7.21. The molecule has 30 heavy (non-hydrogen) atoms. The second-order valence-electron chi connectivity index (χ2n) is 7.21. The van der Waals surface area contributed by atoms with E-state index in [0.717, 1.165) is 45.5 Å². The van der Waals surface area contributed by atoms with Crippen LogP contribution in [0.25, 0.3) is 22.0 Å². The number of H-pyrrole nitrogens is 1. The van der Waals surface area contributed by atoms with Crippen molar-refractivity contribution in [3.05, 3.63) is 66.8 Å². The quantitative estimate of drug-likeness (QED) is 0.409. The van der Waals surface area contributed by atoms with Gasteiger partial charge >= 0.3 is 0 Å². The molecular weight excluding hydrogens is 378 g/mol. The number of benzene rings is 1. The van der Waals surface area contributed by atoms with Crippen LogP contribution in [0.5, 0.6) is 0 Å². The van der Waals surface area contributed by atoms with Crippen molar-refractivity contribution in [1.29, 1.82) is 0 Å². The maximum absolute atomic E-state index is 11.8. The highest BCUT2D eigenvalue weighted by molar-refractivity contribution is 5.89. The lowest BCUT2D eigenvalue weighted by Crippen LogP contribution is -2.30. The Labute approximate surface area is 172 Å². The Morgan fingerprint density at radius 1 is 1.30 bits per heavy atom. The highest BCUT2D eigenvalue weighted by Gasteiger charge is 2.25. The van der Waals surface area contributed by atoms with Gasteiger partial charge in [-0.1, -0.05) is 12.5 Å². The average Bonchev–Trinajstić information content (AvgIpc) is 3.50. The summed E-state index contributed by atoms with van der Waals surface area (Å²) in [7, 11) is 0. The highest BCUT2D eigenvalue weighted by Crippen LogP contribution is 2.23. The minimum atomic E-state index is -0.0417. The van der Waals surface area contributed by atoms with Crippen LogP contribution in [0.4, 0.5) is 5.82 Å². The Kier molecular flexibility index (Phi) is 4.45. The lowest BCUT2D eigenvalue weighted by atomic mass is 10.1. The molecule has 0 spiro atoms. The van der Waals surface area contributed by atoms with Crippen molar-refractivity contribution in [2.24, 2.45) is 0 Å². The number of furan rings is 1. The van der Waals surface area contributed by atoms with Crippen molar-refractivity contribution in [1.82, 2.24) is 19.9 Å². The Morgan fingerprint density at radius 2 is 2.23 bits per heavy atom. The first-order valence-electron chi connectivity index (χ1n) is 9.70. The summed E-state index contributed by atoms with van der Waals surface area (Å²) in [6.45, 7) is 4.89. The zero-order valence-electron chi connectivity index (χ0n) is 16.2. The molecule has 0 bridgehead atoms. The zero-order valence-corrected chi connectivity index (χ0v) is 16.2. The topological polar surface area (TPSA) is 87.0 Å². The summed E-state index contributed by atoms with van der Waals surface area (Å²) in [4.78, 5) is 25.5. The van der Waals surface area contributed by atoms with Crippen LogP contribution in [0.1, 0.15) is 17.7 Å². The molecule has 7 heteroatoms. The van der Waals surface area contributed by atoms with Gasteiger partial charge in [-0.3, -0.25) is 4.79 Å². The number of carbonyl (C=O) groups is 1. The van der Waals surface area contributed by atoms with Crippen LogP contribution in [0, 0.1) is 11.8 Å². The van der Waals surface area contributed by atoms with Crippen molar-refractivity contribution in [3.63, 3.8) is 0 Å². The third-order valence-corrected chi connectivity index (χ3v) is 5.23. The van der Waals surface area contributed by atoms with E-state index in [0.29, 0.717) is 13.1 Å². The van der Waals surface area contributed by atoms with Crippen molar-refractivity contribution >= 4 is 33.7 Å². The van der Waals surface area contributed by atoms with Crippen LogP contribution in [-0.2, 0) is 4.79 Å². The third kappa shape index (κ3) is 3.40. The molecule has 1 fully saturated rings. The molecule has 0 aliphatic carbocycles. The fraction of sp³-hybridized carbons (Fsp3) is 0.174. The molecule has 1 amide bonds. The van der Waals surface area contributed by atoms with E-state index in [1.54, 1.807) is 11.2 Å². The van der Waals surface area contributed by atoms with Crippen molar-refractivity contribution < 1.29 is 9.21 Å². The first-order chi connectivity index (χ1) is 14.7. The number of anilines is 1. The van der Waals surface area contributed by atoms with Gasteiger partial charge in [0.05, 0.1) is 17.3 Å². The number of amides is 1. The first kappa shape index (κ1) is 18.0. The molecule has 3 aromatic heterocycles. The highest BCUT2D eigenvalue weighted by atomic mass is 16.3. The molecule has 1 aliphatic rings. The minimum Gasteiger partial charge on any atom is -0.464 e. The molecule has 0 saturated carbocycles. The maximum atomic E-state index is 11.8. The molecule has 1 aromatic carbocycles. The summed E-state index contributed by atoms with van der Waals surface area (Å²) >= 11 is 0. The van der Waals surface area contributed by atoms with E-state index in [2.05, 4.69) is 38.7 Å². The Bertz CT molecular complexity index is 1320. The average molecular weight is 397 g/mol. The number of hydrogen-bond acceptors (Lipinski definition) is 5. The molecule has 5 rings (SSSR count). The van der Waals surface area contributed by atoms with Gasteiger partial charge in [-0.15, -0.1) is 0 Å². The number of rotatable bonds is 3.